The van der Waals surface area contributed by atoms with Gasteiger partial charge in [0.05, 0.1) is 31.2 Å². The van der Waals surface area contributed by atoms with Gasteiger partial charge in [-0.05, 0) is 53.4 Å². The van der Waals surface area contributed by atoms with Crippen molar-refractivity contribution in [1.82, 2.24) is 5.32 Å². The average molecular weight is 510 g/mol. The van der Waals surface area contributed by atoms with Gasteiger partial charge >= 0.3 is 6.09 Å². The van der Waals surface area contributed by atoms with E-state index in [-0.39, 0.29) is 29.9 Å². The number of nitrogens with one attached hydrogen (secondary N) is 1. The van der Waals surface area contributed by atoms with Crippen molar-refractivity contribution in [1.29, 1.82) is 0 Å². The van der Waals surface area contributed by atoms with Crippen LogP contribution in [0, 0.1) is 23.4 Å². The quantitative estimate of drug-likeness (QED) is 0.342. The molecule has 3 aromatic rings. The smallest absolute Gasteiger partial charge is 0.408 e. The Hall–Kier alpha value is -3.65. The molecule has 0 spiro atoms. The van der Waals surface area contributed by atoms with Gasteiger partial charge in [-0.1, -0.05) is 36.4 Å². The summed E-state index contributed by atoms with van der Waals surface area (Å²) in [6, 6.07) is 17.1. The van der Waals surface area contributed by atoms with Crippen molar-refractivity contribution in [3.63, 3.8) is 0 Å². The summed E-state index contributed by atoms with van der Waals surface area (Å²) >= 11 is 0. The van der Waals surface area contributed by atoms with Crippen molar-refractivity contribution in [3.8, 4) is 0 Å². The summed E-state index contributed by atoms with van der Waals surface area (Å²) in [5.74, 6) is -1.54. The van der Waals surface area contributed by atoms with Crippen molar-refractivity contribution in [3.05, 3.63) is 107 Å². The fourth-order valence-electron chi connectivity index (χ4n) is 5.71. The molecule has 5 nitrogen and oxygen atoms in total. The molecule has 1 atom stereocenters. The third-order valence-electron chi connectivity index (χ3n) is 7.59. The first kappa shape index (κ1) is 25.0. The minimum Gasteiger partial charge on any atom is -0.436 e. The molecule has 3 heterocycles. The first-order chi connectivity index (χ1) is 17.8. The zero-order valence-electron chi connectivity index (χ0n) is 20.2. The summed E-state index contributed by atoms with van der Waals surface area (Å²) in [4.78, 5) is 26.0. The molecule has 3 fully saturated rings. The summed E-state index contributed by atoms with van der Waals surface area (Å²) in [5, 5.41) is 2.95. The number of carbonyl (C=O) groups is 2. The lowest BCUT2D eigenvalue weighted by Gasteiger charge is -2.52. The lowest BCUT2D eigenvalue weighted by atomic mass is 9.81. The lowest BCUT2D eigenvalue weighted by molar-refractivity contribution is -0.936. The molecule has 37 heavy (non-hydrogen) atoms. The van der Waals surface area contributed by atoms with Crippen LogP contribution in [0.4, 0.5) is 18.0 Å². The van der Waals surface area contributed by atoms with Crippen molar-refractivity contribution in [2.24, 2.45) is 5.92 Å². The Labute approximate surface area is 213 Å². The van der Waals surface area contributed by atoms with Crippen LogP contribution < -0.4 is 5.32 Å². The number of alkyl carbamates (subject to hydrolysis) is 1. The number of benzene rings is 3. The van der Waals surface area contributed by atoms with Gasteiger partial charge in [-0.15, -0.1) is 0 Å². The first-order valence-electron chi connectivity index (χ1n) is 12.4. The Kier molecular flexibility index (Phi) is 7.02. The lowest BCUT2D eigenvalue weighted by Crippen LogP contribution is -2.68. The number of halogens is 3. The van der Waals surface area contributed by atoms with Crippen LogP contribution in [-0.2, 0) is 4.74 Å². The van der Waals surface area contributed by atoms with Gasteiger partial charge in [-0.25, -0.2) is 18.0 Å². The molecular formula is C29H28F3N2O3+. The molecule has 1 amide bonds. The van der Waals surface area contributed by atoms with Crippen molar-refractivity contribution < 1.29 is 32.0 Å². The second-order valence-corrected chi connectivity index (χ2v) is 10.0. The standard InChI is InChI=1S/C29H27F3N2O3/c30-22-7-3-5-20(15-22)28(21-6-4-8-23(31)16-21)37-29(36)33-26-17-34(13-11-19(26)12-14-34)18-27(35)24-9-1-2-10-25(24)32/h1-10,15-16,19,26,28H,11-14,17-18H2/p+1/t19?,26-,34?/m0/s1. The Balaban J connectivity index is 1.30. The van der Waals surface area contributed by atoms with Crippen LogP contribution in [0.15, 0.2) is 72.8 Å². The van der Waals surface area contributed by atoms with Crippen LogP contribution >= 0.6 is 0 Å². The SMILES string of the molecule is O=C(N[C@H]1C[N+]2(CC(=O)c3ccccc3F)CCC1CC2)OC(c1cccc(F)c1)c1cccc(F)c1. The van der Waals surface area contributed by atoms with Crippen LogP contribution in [-0.4, -0.2) is 48.6 Å². The number of nitrogens with zero attached hydrogens (tertiary/aromatic N) is 1. The van der Waals surface area contributed by atoms with E-state index in [9.17, 15) is 22.8 Å². The monoisotopic (exact) mass is 509 g/mol. The number of quaternary nitrogens is 1. The van der Waals surface area contributed by atoms with Gasteiger partial charge in [0.25, 0.3) is 0 Å². The normalized spacial score (nSPS) is 22.6. The van der Waals surface area contributed by atoms with Gasteiger partial charge in [-0.3, -0.25) is 4.79 Å². The molecule has 0 saturated carbocycles. The zero-order chi connectivity index (χ0) is 26.0. The third-order valence-corrected chi connectivity index (χ3v) is 7.59. The molecule has 192 valence electrons. The number of piperidine rings is 3. The predicted octanol–water partition coefficient (Wildman–Crippen LogP) is 5.41. The summed E-state index contributed by atoms with van der Waals surface area (Å²) in [6.07, 6.45) is -0.0477. The molecule has 2 bridgehead atoms. The number of rotatable bonds is 7. The molecule has 3 aliphatic rings. The second-order valence-electron chi connectivity index (χ2n) is 10.0. The number of carbonyl (C=O) groups excluding carboxylic acids is 2. The van der Waals surface area contributed by atoms with E-state index in [1.807, 2.05) is 0 Å². The van der Waals surface area contributed by atoms with Crippen molar-refractivity contribution in [2.45, 2.75) is 25.0 Å². The predicted molar refractivity (Wildman–Crippen MR) is 131 cm³/mol. The van der Waals surface area contributed by atoms with Crippen LogP contribution in [0.1, 0.15) is 40.4 Å². The van der Waals surface area contributed by atoms with Gasteiger partial charge in [0, 0.05) is 12.8 Å². The van der Waals surface area contributed by atoms with Gasteiger partial charge < -0.3 is 14.5 Å². The van der Waals surface area contributed by atoms with E-state index < -0.39 is 29.6 Å². The van der Waals surface area contributed by atoms with E-state index >= 15 is 0 Å². The van der Waals surface area contributed by atoms with E-state index in [1.165, 1.54) is 48.5 Å². The second kappa shape index (κ2) is 10.4. The van der Waals surface area contributed by atoms with Crippen molar-refractivity contribution >= 4 is 11.9 Å². The molecule has 1 N–H and O–H groups in total. The van der Waals surface area contributed by atoms with E-state index in [4.69, 9.17) is 4.74 Å². The fraction of sp³-hybridized carbons (Fsp3) is 0.310. The molecule has 0 unspecified atom stereocenters. The number of ketones is 1. The number of amides is 1. The summed E-state index contributed by atoms with van der Waals surface area (Å²) in [6.45, 7) is 2.27. The number of fused-ring (bicyclic) bond motifs is 3. The van der Waals surface area contributed by atoms with Crippen LogP contribution in [0.5, 0.6) is 0 Å². The highest BCUT2D eigenvalue weighted by Crippen LogP contribution is 2.35. The first-order valence-corrected chi connectivity index (χ1v) is 12.4. The number of hydrogen-bond acceptors (Lipinski definition) is 3. The summed E-state index contributed by atoms with van der Waals surface area (Å²) in [7, 11) is 0. The molecule has 0 aromatic heterocycles. The Bertz CT molecular complexity index is 1260. The maximum absolute atomic E-state index is 14.2. The van der Waals surface area contributed by atoms with Crippen LogP contribution in [0.25, 0.3) is 0 Å². The highest BCUT2D eigenvalue weighted by Gasteiger charge is 2.47. The minimum absolute atomic E-state index is 0.0830. The maximum atomic E-state index is 14.2. The number of Topliss-reactive ketones (excluding diaryl/α,β-unsaturated/α-hetero) is 1. The molecule has 8 heteroatoms. The third kappa shape index (κ3) is 5.54. The molecule has 3 aliphatic heterocycles. The molecule has 0 radical (unpaired) electrons. The van der Waals surface area contributed by atoms with E-state index in [0.29, 0.717) is 22.2 Å². The Morgan fingerprint density at radius 1 is 0.892 bits per heavy atom. The van der Waals surface area contributed by atoms with Gasteiger partial charge in [0.2, 0.25) is 5.78 Å². The molecular weight excluding hydrogens is 481 g/mol. The average Bonchev–Trinajstić information content (AvgIpc) is 2.88. The van der Waals surface area contributed by atoms with Crippen LogP contribution in [0.2, 0.25) is 0 Å². The zero-order valence-corrected chi connectivity index (χ0v) is 20.2. The van der Waals surface area contributed by atoms with Gasteiger partial charge in [0.1, 0.15) is 24.0 Å². The van der Waals surface area contributed by atoms with E-state index in [0.717, 1.165) is 25.9 Å². The fourth-order valence-corrected chi connectivity index (χ4v) is 5.71. The van der Waals surface area contributed by atoms with Gasteiger partial charge in [-0.2, -0.15) is 0 Å². The highest BCUT2D eigenvalue weighted by molar-refractivity contribution is 5.97. The minimum atomic E-state index is -1.00. The number of hydrogen-bond donors (Lipinski definition) is 1. The highest BCUT2D eigenvalue weighted by atomic mass is 19.1. The Morgan fingerprint density at radius 2 is 1.51 bits per heavy atom. The van der Waals surface area contributed by atoms with E-state index in [2.05, 4.69) is 5.32 Å². The summed E-state index contributed by atoms with van der Waals surface area (Å²) in [5.41, 5.74) is 0.849. The molecule has 3 saturated heterocycles. The van der Waals surface area contributed by atoms with Crippen LogP contribution in [0.3, 0.4) is 0 Å². The van der Waals surface area contributed by atoms with E-state index in [1.54, 1.807) is 24.3 Å². The largest absolute Gasteiger partial charge is 0.436 e. The van der Waals surface area contributed by atoms with Crippen molar-refractivity contribution in [2.75, 3.05) is 26.2 Å². The van der Waals surface area contributed by atoms with Gasteiger partial charge in [0.15, 0.2) is 6.10 Å². The summed E-state index contributed by atoms with van der Waals surface area (Å²) < 4.78 is 48.3. The maximum Gasteiger partial charge on any atom is 0.408 e. The molecule has 6 rings (SSSR count). The molecule has 0 aliphatic carbocycles. The number of ether oxygens (including phenoxy) is 1. The topological polar surface area (TPSA) is 55.4 Å². The molecule has 3 aromatic carbocycles. The Morgan fingerprint density at radius 3 is 2.11 bits per heavy atom.